The van der Waals surface area contributed by atoms with Crippen LogP contribution >= 0.6 is 0 Å². The first-order chi connectivity index (χ1) is 10.7. The number of aliphatic hydroxyl groups is 1. The predicted octanol–water partition coefficient (Wildman–Crippen LogP) is 3.14. The smallest absolute Gasteiger partial charge is 0.235 e. The number of ether oxygens (including phenoxy) is 1. The maximum absolute atomic E-state index is 10.3. The summed E-state index contributed by atoms with van der Waals surface area (Å²) in [4.78, 5) is 9.83. The van der Waals surface area contributed by atoms with Gasteiger partial charge in [-0.2, -0.15) is 0 Å². The Balaban J connectivity index is 1.84. The minimum absolute atomic E-state index is 0.00462. The standard InChI is InChI=1S/C17H15NO4/c19-11-15-14-3-1-2-4-16(14)22-17(15)13-7-5-12(6-8-13)9-10-18(20)21/h1-10,15,17,19H,11H2/b10-9+. The highest BCUT2D eigenvalue weighted by Gasteiger charge is 2.34. The molecule has 5 heteroatoms. The molecule has 0 amide bonds. The molecule has 0 bridgehead atoms. The molecular formula is C17H15NO4. The van der Waals surface area contributed by atoms with E-state index in [-0.39, 0.29) is 18.6 Å². The Kier molecular flexibility index (Phi) is 3.89. The molecule has 1 N–H and O–H groups in total. The van der Waals surface area contributed by atoms with Crippen LogP contribution in [-0.2, 0) is 0 Å². The molecule has 2 aromatic rings. The fourth-order valence-electron chi connectivity index (χ4n) is 2.71. The summed E-state index contributed by atoms with van der Waals surface area (Å²) in [6.07, 6.45) is 2.11. The van der Waals surface area contributed by atoms with Crippen molar-refractivity contribution < 1.29 is 14.8 Å². The van der Waals surface area contributed by atoms with Crippen LogP contribution in [0.15, 0.2) is 54.7 Å². The molecule has 0 aliphatic carbocycles. The molecule has 2 aromatic carbocycles. The van der Waals surface area contributed by atoms with Crippen molar-refractivity contribution in [3.63, 3.8) is 0 Å². The summed E-state index contributed by atoms with van der Waals surface area (Å²) in [5, 5.41) is 20.0. The first-order valence-corrected chi connectivity index (χ1v) is 6.97. The molecule has 0 saturated heterocycles. The SMILES string of the molecule is O=[N+]([O-])/C=C/c1ccc(C2Oc3ccccc3C2CO)cc1. The predicted molar refractivity (Wildman–Crippen MR) is 82.1 cm³/mol. The van der Waals surface area contributed by atoms with Crippen LogP contribution in [0.25, 0.3) is 6.08 Å². The summed E-state index contributed by atoms with van der Waals surface area (Å²) < 4.78 is 5.95. The van der Waals surface area contributed by atoms with E-state index in [9.17, 15) is 15.2 Å². The average molecular weight is 297 g/mol. The lowest BCUT2D eigenvalue weighted by atomic mass is 9.91. The first-order valence-electron chi connectivity index (χ1n) is 6.97. The molecule has 0 fully saturated rings. The zero-order valence-corrected chi connectivity index (χ0v) is 11.8. The first kappa shape index (κ1) is 14.3. The molecule has 112 valence electrons. The number of fused-ring (bicyclic) bond motifs is 1. The van der Waals surface area contributed by atoms with Gasteiger partial charge in [-0.05, 0) is 17.2 Å². The zero-order chi connectivity index (χ0) is 15.5. The summed E-state index contributed by atoms with van der Waals surface area (Å²) in [7, 11) is 0. The van der Waals surface area contributed by atoms with Crippen LogP contribution < -0.4 is 4.74 Å². The average Bonchev–Trinajstić information content (AvgIpc) is 2.92. The van der Waals surface area contributed by atoms with Crippen molar-refractivity contribution in [1.29, 1.82) is 0 Å². The Bertz CT molecular complexity index is 709. The topological polar surface area (TPSA) is 72.6 Å². The fourth-order valence-corrected chi connectivity index (χ4v) is 2.71. The van der Waals surface area contributed by atoms with Gasteiger partial charge in [0.25, 0.3) is 0 Å². The molecule has 0 aromatic heterocycles. The lowest BCUT2D eigenvalue weighted by Gasteiger charge is -2.17. The summed E-state index contributed by atoms with van der Waals surface area (Å²) in [5.41, 5.74) is 2.69. The molecule has 1 aliphatic heterocycles. The number of hydrogen-bond donors (Lipinski definition) is 1. The molecule has 1 aliphatic rings. The van der Waals surface area contributed by atoms with Crippen molar-refractivity contribution in [2.45, 2.75) is 12.0 Å². The van der Waals surface area contributed by atoms with E-state index in [4.69, 9.17) is 4.74 Å². The van der Waals surface area contributed by atoms with Crippen LogP contribution in [0.4, 0.5) is 0 Å². The second-order valence-corrected chi connectivity index (χ2v) is 5.13. The Morgan fingerprint density at radius 2 is 1.91 bits per heavy atom. The number of nitrogens with zero attached hydrogens (tertiary/aromatic N) is 1. The van der Waals surface area contributed by atoms with Gasteiger partial charge in [0, 0.05) is 11.6 Å². The van der Waals surface area contributed by atoms with Crippen LogP contribution in [0, 0.1) is 10.1 Å². The molecule has 22 heavy (non-hydrogen) atoms. The molecule has 0 spiro atoms. The Morgan fingerprint density at radius 3 is 2.59 bits per heavy atom. The maximum Gasteiger partial charge on any atom is 0.235 e. The van der Waals surface area contributed by atoms with E-state index in [2.05, 4.69) is 0 Å². The lowest BCUT2D eigenvalue weighted by Crippen LogP contribution is -2.13. The van der Waals surface area contributed by atoms with Gasteiger partial charge in [0.15, 0.2) is 0 Å². The van der Waals surface area contributed by atoms with Crippen LogP contribution in [0.2, 0.25) is 0 Å². The van der Waals surface area contributed by atoms with Gasteiger partial charge in [0.05, 0.1) is 17.4 Å². The quantitative estimate of drug-likeness (QED) is 0.695. The molecule has 0 saturated carbocycles. The van der Waals surface area contributed by atoms with Crippen LogP contribution in [-0.4, -0.2) is 16.6 Å². The van der Waals surface area contributed by atoms with Gasteiger partial charge in [0.1, 0.15) is 11.9 Å². The number of aliphatic hydroxyl groups excluding tert-OH is 1. The van der Waals surface area contributed by atoms with Gasteiger partial charge in [-0.1, -0.05) is 42.5 Å². The van der Waals surface area contributed by atoms with Crippen molar-refractivity contribution in [1.82, 2.24) is 0 Å². The summed E-state index contributed by atoms with van der Waals surface area (Å²) >= 11 is 0. The molecule has 0 radical (unpaired) electrons. The normalized spacial score (nSPS) is 19.9. The highest BCUT2D eigenvalue weighted by molar-refractivity contribution is 5.50. The van der Waals surface area contributed by atoms with Gasteiger partial charge in [-0.25, -0.2) is 0 Å². The van der Waals surface area contributed by atoms with Crippen molar-refractivity contribution in [3.05, 3.63) is 81.5 Å². The summed E-state index contributed by atoms with van der Waals surface area (Å²) in [6.45, 7) is 0.00462. The highest BCUT2D eigenvalue weighted by atomic mass is 16.6. The monoisotopic (exact) mass is 297 g/mol. The van der Waals surface area contributed by atoms with E-state index in [1.54, 1.807) is 12.1 Å². The highest BCUT2D eigenvalue weighted by Crippen LogP contribution is 2.45. The number of nitro groups is 1. The molecule has 2 unspecified atom stereocenters. The second kappa shape index (κ2) is 5.99. The molecule has 2 atom stereocenters. The number of para-hydroxylation sites is 1. The van der Waals surface area contributed by atoms with E-state index in [0.717, 1.165) is 28.6 Å². The fraction of sp³-hybridized carbons (Fsp3) is 0.176. The Hall–Kier alpha value is -2.66. The van der Waals surface area contributed by atoms with Gasteiger partial charge >= 0.3 is 0 Å². The Morgan fingerprint density at radius 1 is 1.18 bits per heavy atom. The molecule has 3 rings (SSSR count). The van der Waals surface area contributed by atoms with E-state index >= 15 is 0 Å². The van der Waals surface area contributed by atoms with Gasteiger partial charge in [0.2, 0.25) is 6.20 Å². The van der Waals surface area contributed by atoms with E-state index in [1.807, 2.05) is 36.4 Å². The van der Waals surface area contributed by atoms with Gasteiger partial charge in [-0.15, -0.1) is 0 Å². The van der Waals surface area contributed by atoms with Crippen LogP contribution in [0.1, 0.15) is 28.7 Å². The molecule has 5 nitrogen and oxygen atoms in total. The maximum atomic E-state index is 10.3. The van der Waals surface area contributed by atoms with Crippen molar-refractivity contribution in [2.24, 2.45) is 0 Å². The van der Waals surface area contributed by atoms with Crippen molar-refractivity contribution in [3.8, 4) is 5.75 Å². The molecular weight excluding hydrogens is 282 g/mol. The lowest BCUT2D eigenvalue weighted by molar-refractivity contribution is -0.400. The third-order valence-corrected chi connectivity index (χ3v) is 3.79. The number of rotatable bonds is 4. The van der Waals surface area contributed by atoms with Crippen molar-refractivity contribution in [2.75, 3.05) is 6.61 Å². The molecule has 1 heterocycles. The zero-order valence-electron chi connectivity index (χ0n) is 11.8. The third kappa shape index (κ3) is 2.71. The van der Waals surface area contributed by atoms with E-state index in [0.29, 0.717) is 0 Å². The third-order valence-electron chi connectivity index (χ3n) is 3.79. The van der Waals surface area contributed by atoms with Gasteiger partial charge < -0.3 is 9.84 Å². The minimum atomic E-state index is -0.494. The number of benzene rings is 2. The Labute approximate surface area is 127 Å². The summed E-state index contributed by atoms with van der Waals surface area (Å²) in [5.74, 6) is 0.695. The van der Waals surface area contributed by atoms with Crippen LogP contribution in [0.5, 0.6) is 5.75 Å². The van der Waals surface area contributed by atoms with Gasteiger partial charge in [-0.3, -0.25) is 10.1 Å². The van der Waals surface area contributed by atoms with Crippen molar-refractivity contribution >= 4 is 6.08 Å². The minimum Gasteiger partial charge on any atom is -0.485 e. The second-order valence-electron chi connectivity index (χ2n) is 5.13. The van der Waals surface area contributed by atoms with Crippen LogP contribution in [0.3, 0.4) is 0 Å². The van der Waals surface area contributed by atoms with E-state index in [1.165, 1.54) is 6.08 Å². The largest absolute Gasteiger partial charge is 0.485 e. The van der Waals surface area contributed by atoms with E-state index < -0.39 is 4.92 Å². The summed E-state index contributed by atoms with van der Waals surface area (Å²) in [6, 6.07) is 15.0. The number of hydrogen-bond acceptors (Lipinski definition) is 4.